The third kappa shape index (κ3) is 2.95. The van der Waals surface area contributed by atoms with E-state index in [1.165, 1.54) is 25.1 Å². The van der Waals surface area contributed by atoms with Gasteiger partial charge in [0.1, 0.15) is 11.1 Å². The highest BCUT2D eigenvalue weighted by atomic mass is 35.5. The van der Waals surface area contributed by atoms with Gasteiger partial charge in [-0.15, -0.1) is 11.6 Å². The zero-order chi connectivity index (χ0) is 13.2. The minimum Gasteiger partial charge on any atom is -0.508 e. The molecule has 0 aromatic heterocycles. The number of aliphatic carboxylic acids is 1. The number of ketones is 1. The summed E-state index contributed by atoms with van der Waals surface area (Å²) in [6.07, 6.45) is -1.86. The smallest absolute Gasteiger partial charge is 0.337 e. The fourth-order valence-electron chi connectivity index (χ4n) is 1.32. The van der Waals surface area contributed by atoms with Crippen LogP contribution in [0.1, 0.15) is 29.5 Å². The van der Waals surface area contributed by atoms with Gasteiger partial charge in [-0.25, -0.2) is 4.79 Å². The van der Waals surface area contributed by atoms with Crippen LogP contribution in [-0.2, 0) is 9.59 Å². The van der Waals surface area contributed by atoms with Gasteiger partial charge < -0.3 is 15.3 Å². The number of hydrogen-bond donors (Lipinski definition) is 3. The van der Waals surface area contributed by atoms with Crippen molar-refractivity contribution >= 4 is 23.4 Å². The number of carbonyl (C=O) groups is 2. The Labute approximate surface area is 102 Å². The number of aliphatic hydroxyl groups is 1. The molecule has 1 aromatic rings. The lowest BCUT2D eigenvalue weighted by Gasteiger charge is -2.12. The van der Waals surface area contributed by atoms with Gasteiger partial charge in [0, 0.05) is 5.56 Å². The van der Waals surface area contributed by atoms with Crippen molar-refractivity contribution in [3.8, 4) is 5.75 Å². The van der Waals surface area contributed by atoms with Crippen LogP contribution in [0.5, 0.6) is 5.75 Å². The zero-order valence-corrected chi connectivity index (χ0v) is 9.68. The van der Waals surface area contributed by atoms with Crippen LogP contribution in [0.2, 0.25) is 0 Å². The van der Waals surface area contributed by atoms with Gasteiger partial charge in [0.2, 0.25) is 0 Å². The first-order valence-electron chi connectivity index (χ1n) is 4.72. The lowest BCUT2D eigenvalue weighted by atomic mass is 10.0. The number of phenols is 1. The number of carboxylic acids is 1. The molecular weight excluding hydrogens is 248 g/mol. The number of Topliss-reactive ketones (excluding diaryl/α,β-unsaturated/α-hetero) is 1. The number of phenolic OH excluding ortho intramolecular Hbond substituents is 1. The first kappa shape index (κ1) is 13.5. The molecule has 3 N–H and O–H groups in total. The van der Waals surface area contributed by atoms with Crippen molar-refractivity contribution in [2.24, 2.45) is 0 Å². The van der Waals surface area contributed by atoms with E-state index >= 15 is 0 Å². The van der Waals surface area contributed by atoms with Crippen molar-refractivity contribution in [3.05, 3.63) is 29.3 Å². The second kappa shape index (κ2) is 5.16. The topological polar surface area (TPSA) is 94.8 Å². The Hall–Kier alpha value is -1.59. The average molecular weight is 259 g/mol. The molecule has 0 saturated heterocycles. The van der Waals surface area contributed by atoms with E-state index in [1.807, 2.05) is 0 Å². The molecule has 17 heavy (non-hydrogen) atoms. The molecule has 1 rings (SSSR count). The van der Waals surface area contributed by atoms with Crippen molar-refractivity contribution in [1.82, 2.24) is 0 Å². The first-order valence-corrected chi connectivity index (χ1v) is 5.16. The quantitative estimate of drug-likeness (QED) is 0.709. The lowest BCUT2D eigenvalue weighted by Crippen LogP contribution is -2.11. The molecule has 2 atom stereocenters. The van der Waals surface area contributed by atoms with Crippen molar-refractivity contribution in [2.45, 2.75) is 18.4 Å². The Kier molecular flexibility index (Phi) is 4.09. The Morgan fingerprint density at radius 3 is 2.41 bits per heavy atom. The van der Waals surface area contributed by atoms with Crippen molar-refractivity contribution in [2.75, 3.05) is 0 Å². The highest BCUT2D eigenvalue weighted by Gasteiger charge is 2.22. The molecule has 5 nitrogen and oxygen atoms in total. The molecule has 0 heterocycles. The molecule has 0 spiro atoms. The van der Waals surface area contributed by atoms with Gasteiger partial charge in [0.25, 0.3) is 0 Å². The molecule has 0 aliphatic heterocycles. The van der Waals surface area contributed by atoms with Crippen LogP contribution in [0.15, 0.2) is 18.2 Å². The maximum Gasteiger partial charge on any atom is 0.337 e. The van der Waals surface area contributed by atoms with E-state index in [1.54, 1.807) is 0 Å². The Morgan fingerprint density at radius 1 is 1.35 bits per heavy atom. The molecule has 0 amide bonds. The fraction of sp³-hybridized carbons (Fsp3) is 0.273. The van der Waals surface area contributed by atoms with Crippen molar-refractivity contribution in [1.29, 1.82) is 0 Å². The van der Waals surface area contributed by atoms with Gasteiger partial charge in [-0.1, -0.05) is 6.07 Å². The van der Waals surface area contributed by atoms with Crippen LogP contribution in [0.3, 0.4) is 0 Å². The molecule has 0 aliphatic rings. The van der Waals surface area contributed by atoms with Crippen LogP contribution < -0.4 is 0 Å². The predicted octanol–water partition coefficient (Wildman–Crippen LogP) is 1.38. The number of halogens is 1. The number of rotatable bonds is 4. The fourth-order valence-corrected chi connectivity index (χ4v) is 1.45. The van der Waals surface area contributed by atoms with Crippen molar-refractivity contribution in [3.63, 3.8) is 0 Å². The van der Waals surface area contributed by atoms with E-state index < -0.39 is 17.5 Å². The van der Waals surface area contributed by atoms with Gasteiger partial charge in [-0.05, 0) is 24.6 Å². The predicted molar refractivity (Wildman–Crippen MR) is 60.0 cm³/mol. The Balaban J connectivity index is 3.19. The van der Waals surface area contributed by atoms with E-state index in [-0.39, 0.29) is 17.1 Å². The number of aromatic hydroxyl groups is 1. The molecule has 0 aliphatic carbocycles. The van der Waals surface area contributed by atoms with Gasteiger partial charge >= 0.3 is 5.97 Å². The Morgan fingerprint density at radius 2 is 1.94 bits per heavy atom. The summed E-state index contributed by atoms with van der Waals surface area (Å²) in [6.45, 7) is 1.29. The van der Waals surface area contributed by atoms with E-state index in [9.17, 15) is 19.8 Å². The summed E-state index contributed by atoms with van der Waals surface area (Å²) in [5.41, 5.74) is 0.133. The molecule has 0 saturated carbocycles. The lowest BCUT2D eigenvalue weighted by molar-refractivity contribution is -0.147. The Bertz CT molecular complexity index is 457. The summed E-state index contributed by atoms with van der Waals surface area (Å²) < 4.78 is 0. The van der Waals surface area contributed by atoms with Crippen LogP contribution in [0.4, 0.5) is 0 Å². The van der Waals surface area contributed by atoms with Crippen LogP contribution >= 0.6 is 11.6 Å². The minimum atomic E-state index is -1.86. The van der Waals surface area contributed by atoms with Gasteiger partial charge in [-0.3, -0.25) is 4.79 Å². The number of alkyl halides is 1. The molecule has 2 unspecified atom stereocenters. The molecule has 0 bridgehead atoms. The summed E-state index contributed by atoms with van der Waals surface area (Å²) in [4.78, 5) is 21.7. The van der Waals surface area contributed by atoms with Gasteiger partial charge in [0.15, 0.2) is 11.9 Å². The molecule has 92 valence electrons. The monoisotopic (exact) mass is 258 g/mol. The normalized spacial score (nSPS) is 14.1. The number of carboxylic acid groups (broad SMARTS) is 1. The highest BCUT2D eigenvalue weighted by molar-refractivity contribution is 6.30. The van der Waals surface area contributed by atoms with E-state index in [0.29, 0.717) is 5.56 Å². The van der Waals surface area contributed by atoms with E-state index in [2.05, 4.69) is 0 Å². The summed E-state index contributed by atoms with van der Waals surface area (Å²) in [5.74, 6) is -2.17. The summed E-state index contributed by atoms with van der Waals surface area (Å²) >= 11 is 5.79. The molecule has 0 fully saturated rings. The summed E-state index contributed by atoms with van der Waals surface area (Å²) in [6, 6.07) is 3.79. The SMILES string of the molecule is CC(=O)C(Cl)c1ccc(O)c(C(O)C(=O)O)c1. The van der Waals surface area contributed by atoms with Crippen molar-refractivity contribution < 1.29 is 24.9 Å². The van der Waals surface area contributed by atoms with Gasteiger partial charge in [0.05, 0.1) is 0 Å². The number of hydrogen-bond acceptors (Lipinski definition) is 4. The van der Waals surface area contributed by atoms with E-state index in [0.717, 1.165) is 0 Å². The number of carbonyl (C=O) groups excluding carboxylic acids is 1. The average Bonchev–Trinajstić information content (AvgIpc) is 2.27. The van der Waals surface area contributed by atoms with Crippen LogP contribution in [-0.4, -0.2) is 27.1 Å². The molecular formula is C11H11ClO5. The maximum absolute atomic E-state index is 11.1. The van der Waals surface area contributed by atoms with Gasteiger partial charge in [-0.2, -0.15) is 0 Å². The largest absolute Gasteiger partial charge is 0.508 e. The second-order valence-electron chi connectivity index (χ2n) is 3.53. The minimum absolute atomic E-state index is 0.193. The van der Waals surface area contributed by atoms with E-state index in [4.69, 9.17) is 16.7 Å². The highest BCUT2D eigenvalue weighted by Crippen LogP contribution is 2.30. The second-order valence-corrected chi connectivity index (χ2v) is 3.97. The first-order chi connectivity index (χ1) is 7.84. The standard InChI is InChI=1S/C11H11ClO5/c1-5(13)9(12)6-2-3-8(14)7(4-6)10(15)11(16)17/h2-4,9-10,14-15H,1H3,(H,16,17). The number of aliphatic hydroxyl groups excluding tert-OH is 1. The van der Waals surface area contributed by atoms with Crippen LogP contribution in [0, 0.1) is 0 Å². The molecule has 0 radical (unpaired) electrons. The zero-order valence-electron chi connectivity index (χ0n) is 8.92. The summed E-state index contributed by atoms with van der Waals surface area (Å²) in [7, 11) is 0. The molecule has 6 heteroatoms. The third-order valence-electron chi connectivity index (χ3n) is 2.23. The summed E-state index contributed by atoms with van der Waals surface area (Å²) in [5, 5.41) is 26.5. The third-order valence-corrected chi connectivity index (χ3v) is 2.79. The molecule has 1 aromatic carbocycles. The van der Waals surface area contributed by atoms with Crippen LogP contribution in [0.25, 0.3) is 0 Å². The number of benzene rings is 1. The maximum atomic E-state index is 11.1.